The van der Waals surface area contributed by atoms with Gasteiger partial charge in [0.15, 0.2) is 0 Å². The number of aryl methyl sites for hydroxylation is 1. The van der Waals surface area contributed by atoms with E-state index in [0.29, 0.717) is 36.7 Å². The van der Waals surface area contributed by atoms with Crippen LogP contribution in [0.25, 0.3) is 10.2 Å². The molecule has 1 saturated carbocycles. The van der Waals surface area contributed by atoms with Crippen LogP contribution in [-0.2, 0) is 21.9 Å². The van der Waals surface area contributed by atoms with E-state index in [-0.39, 0.29) is 21.6 Å². The van der Waals surface area contributed by atoms with Crippen LogP contribution < -0.4 is 10.2 Å². The Labute approximate surface area is 155 Å². The Hall–Kier alpha value is -1.71. The molecule has 9 heteroatoms. The van der Waals surface area contributed by atoms with E-state index < -0.39 is 10.0 Å². The van der Waals surface area contributed by atoms with Gasteiger partial charge in [-0.25, -0.2) is 8.42 Å². The molecular weight excluding hydrogens is 374 g/mol. The molecule has 1 aliphatic heterocycles. The minimum atomic E-state index is -3.62. The Bertz CT molecular complexity index is 1010. The highest BCUT2D eigenvalue weighted by molar-refractivity contribution is 7.89. The number of hydrogen-bond donors (Lipinski definition) is 1. The Morgan fingerprint density at radius 1 is 1.19 bits per heavy atom. The van der Waals surface area contributed by atoms with E-state index in [9.17, 15) is 18.0 Å². The van der Waals surface area contributed by atoms with Gasteiger partial charge in [-0.3, -0.25) is 9.59 Å². The third-order valence-electron chi connectivity index (χ3n) is 5.15. The maximum atomic E-state index is 12.9. The number of sulfonamides is 1. The largest absolute Gasteiger partial charge is 0.353 e. The summed E-state index contributed by atoms with van der Waals surface area (Å²) in [7, 11) is -1.95. The molecule has 2 heterocycles. The van der Waals surface area contributed by atoms with Crippen molar-refractivity contribution in [1.82, 2.24) is 14.2 Å². The van der Waals surface area contributed by atoms with Crippen LogP contribution in [0.1, 0.15) is 25.7 Å². The number of piperidine rings is 1. The molecule has 1 aromatic heterocycles. The molecule has 1 aromatic carbocycles. The normalized spacial score (nSPS) is 19.7. The summed E-state index contributed by atoms with van der Waals surface area (Å²) in [5.41, 5.74) is 0.731. The fraction of sp³-hybridized carbons (Fsp3) is 0.529. The second-order valence-corrected chi connectivity index (χ2v) is 9.95. The highest BCUT2D eigenvalue weighted by Gasteiger charge is 2.34. The third kappa shape index (κ3) is 3.19. The topological polar surface area (TPSA) is 88.5 Å². The van der Waals surface area contributed by atoms with E-state index in [1.165, 1.54) is 8.87 Å². The number of hydrogen-bond acceptors (Lipinski definition) is 5. The summed E-state index contributed by atoms with van der Waals surface area (Å²) in [5, 5.41) is 3.00. The lowest BCUT2D eigenvalue weighted by Crippen LogP contribution is -2.43. The number of benzene rings is 1. The van der Waals surface area contributed by atoms with E-state index >= 15 is 0 Å². The molecule has 0 bridgehead atoms. The van der Waals surface area contributed by atoms with Crippen LogP contribution in [-0.4, -0.2) is 42.3 Å². The van der Waals surface area contributed by atoms with Gasteiger partial charge in [0.05, 0.1) is 15.1 Å². The van der Waals surface area contributed by atoms with Gasteiger partial charge in [-0.15, -0.1) is 0 Å². The molecule has 2 aromatic rings. The van der Waals surface area contributed by atoms with Crippen molar-refractivity contribution in [2.24, 2.45) is 13.0 Å². The Balaban J connectivity index is 1.50. The Morgan fingerprint density at radius 2 is 1.88 bits per heavy atom. The fourth-order valence-electron chi connectivity index (χ4n) is 3.33. The first kappa shape index (κ1) is 17.7. The van der Waals surface area contributed by atoms with E-state index in [0.717, 1.165) is 29.7 Å². The van der Waals surface area contributed by atoms with Crippen LogP contribution in [0.15, 0.2) is 27.9 Å². The molecule has 1 amide bonds. The molecule has 7 nitrogen and oxygen atoms in total. The van der Waals surface area contributed by atoms with Gasteiger partial charge < -0.3 is 9.88 Å². The van der Waals surface area contributed by atoms with Gasteiger partial charge in [0, 0.05) is 32.1 Å². The summed E-state index contributed by atoms with van der Waals surface area (Å²) in [6, 6.07) is 5.13. The molecule has 1 aliphatic carbocycles. The van der Waals surface area contributed by atoms with Crippen LogP contribution in [0.3, 0.4) is 0 Å². The number of nitrogens with one attached hydrogen (secondary N) is 1. The first-order valence-electron chi connectivity index (χ1n) is 8.76. The lowest BCUT2D eigenvalue weighted by molar-refractivity contribution is -0.126. The molecule has 26 heavy (non-hydrogen) atoms. The molecule has 0 unspecified atom stereocenters. The van der Waals surface area contributed by atoms with Crippen molar-refractivity contribution in [3.05, 3.63) is 27.9 Å². The zero-order chi connectivity index (χ0) is 18.5. The number of amides is 1. The molecule has 2 aliphatic rings. The van der Waals surface area contributed by atoms with Crippen LogP contribution in [0.4, 0.5) is 0 Å². The average Bonchev–Trinajstić information content (AvgIpc) is 3.40. The van der Waals surface area contributed by atoms with Crippen molar-refractivity contribution in [2.75, 3.05) is 13.1 Å². The minimum Gasteiger partial charge on any atom is -0.353 e. The van der Waals surface area contributed by atoms with Crippen LogP contribution in [0.2, 0.25) is 0 Å². The van der Waals surface area contributed by atoms with Crippen molar-refractivity contribution in [1.29, 1.82) is 0 Å². The summed E-state index contributed by atoms with van der Waals surface area (Å²) < 4.78 is 29.5. The first-order chi connectivity index (χ1) is 12.4. The fourth-order valence-corrected chi connectivity index (χ4v) is 5.82. The first-order valence-corrected chi connectivity index (χ1v) is 11.0. The Kier molecular flexibility index (Phi) is 4.40. The van der Waals surface area contributed by atoms with Crippen molar-refractivity contribution in [3.8, 4) is 0 Å². The summed E-state index contributed by atoms with van der Waals surface area (Å²) in [4.78, 5) is 24.0. The molecule has 1 N–H and O–H groups in total. The van der Waals surface area contributed by atoms with Crippen LogP contribution in [0.5, 0.6) is 0 Å². The van der Waals surface area contributed by atoms with Gasteiger partial charge in [0.25, 0.3) is 0 Å². The Morgan fingerprint density at radius 3 is 2.54 bits per heavy atom. The molecule has 0 radical (unpaired) electrons. The molecule has 1 saturated heterocycles. The summed E-state index contributed by atoms with van der Waals surface area (Å²) in [6.07, 6.45) is 3.18. The van der Waals surface area contributed by atoms with Crippen LogP contribution in [0, 0.1) is 5.92 Å². The van der Waals surface area contributed by atoms with Gasteiger partial charge in [0.2, 0.25) is 15.9 Å². The van der Waals surface area contributed by atoms with Crippen molar-refractivity contribution >= 4 is 37.5 Å². The summed E-state index contributed by atoms with van der Waals surface area (Å²) >= 11 is 1.04. The second kappa shape index (κ2) is 6.47. The molecule has 0 spiro atoms. The van der Waals surface area contributed by atoms with E-state index in [2.05, 4.69) is 5.32 Å². The second-order valence-electron chi connectivity index (χ2n) is 7.02. The number of fused-ring (bicyclic) bond motifs is 1. The molecular formula is C17H21N3O4S2. The monoisotopic (exact) mass is 395 g/mol. The predicted molar refractivity (Wildman–Crippen MR) is 99.7 cm³/mol. The predicted octanol–water partition coefficient (Wildman–Crippen LogP) is 1.28. The zero-order valence-electron chi connectivity index (χ0n) is 14.5. The summed E-state index contributed by atoms with van der Waals surface area (Å²) in [6.45, 7) is 0.683. The standard InChI is InChI=1S/C17H21N3O4S2/c1-19-14-5-4-13(10-15(14)25-17(19)22)26(23,24)20-8-6-11(7-9-20)16(21)18-12-2-3-12/h4-5,10-12H,2-3,6-9H2,1H3,(H,18,21). The zero-order valence-corrected chi connectivity index (χ0v) is 16.1. The average molecular weight is 396 g/mol. The van der Waals surface area contributed by atoms with Gasteiger partial charge >= 0.3 is 4.87 Å². The van der Waals surface area contributed by atoms with E-state index in [1.807, 2.05) is 0 Å². The molecule has 4 rings (SSSR count). The maximum Gasteiger partial charge on any atom is 0.307 e. The van der Waals surface area contributed by atoms with E-state index in [1.54, 1.807) is 25.2 Å². The smallest absolute Gasteiger partial charge is 0.307 e. The highest BCUT2D eigenvalue weighted by Crippen LogP contribution is 2.28. The molecule has 0 atom stereocenters. The number of rotatable bonds is 4. The lowest BCUT2D eigenvalue weighted by atomic mass is 9.97. The van der Waals surface area contributed by atoms with Gasteiger partial charge in [-0.05, 0) is 43.9 Å². The quantitative estimate of drug-likeness (QED) is 0.845. The third-order valence-corrected chi connectivity index (χ3v) is 8.04. The molecule has 140 valence electrons. The van der Waals surface area contributed by atoms with Crippen LogP contribution >= 0.6 is 11.3 Å². The SMILES string of the molecule is Cn1c(=O)sc2cc(S(=O)(=O)N3CCC(C(=O)NC4CC4)CC3)ccc21. The van der Waals surface area contributed by atoms with Crippen molar-refractivity contribution in [3.63, 3.8) is 0 Å². The van der Waals surface area contributed by atoms with E-state index in [4.69, 9.17) is 0 Å². The number of thiazole rings is 1. The van der Waals surface area contributed by atoms with Crippen molar-refractivity contribution in [2.45, 2.75) is 36.6 Å². The highest BCUT2D eigenvalue weighted by atomic mass is 32.2. The maximum absolute atomic E-state index is 12.9. The lowest BCUT2D eigenvalue weighted by Gasteiger charge is -2.30. The number of nitrogens with zero attached hydrogens (tertiary/aromatic N) is 2. The number of carbonyl (C=O) groups excluding carboxylic acids is 1. The van der Waals surface area contributed by atoms with Crippen molar-refractivity contribution < 1.29 is 13.2 Å². The number of aromatic nitrogens is 1. The number of carbonyl (C=O) groups is 1. The van der Waals surface area contributed by atoms with Gasteiger partial charge in [-0.1, -0.05) is 11.3 Å². The molecule has 2 fully saturated rings. The minimum absolute atomic E-state index is 0.0556. The summed E-state index contributed by atoms with van der Waals surface area (Å²) in [5.74, 6) is -0.0519. The van der Waals surface area contributed by atoms with Gasteiger partial charge in [0.1, 0.15) is 0 Å². The van der Waals surface area contributed by atoms with Gasteiger partial charge in [-0.2, -0.15) is 4.31 Å².